The average Bonchev–Trinajstić information content (AvgIpc) is 2.80. The highest BCUT2D eigenvalue weighted by Crippen LogP contribution is 2.31. The van der Waals surface area contributed by atoms with E-state index in [0.29, 0.717) is 29.7 Å². The molecular formula is C23H19F2N5O2. The lowest BCUT2D eigenvalue weighted by molar-refractivity contribution is 0.122. The summed E-state index contributed by atoms with van der Waals surface area (Å²) in [5.41, 5.74) is 7.36. The van der Waals surface area contributed by atoms with E-state index in [1.807, 2.05) is 12.1 Å². The molecule has 0 radical (unpaired) electrons. The molecule has 4 aromatic rings. The van der Waals surface area contributed by atoms with Crippen LogP contribution in [0.25, 0.3) is 33.3 Å². The Kier molecular flexibility index (Phi) is 5.02. The molecule has 2 aromatic carbocycles. The van der Waals surface area contributed by atoms with Crippen LogP contribution in [0, 0.1) is 11.8 Å². The molecule has 0 saturated carbocycles. The van der Waals surface area contributed by atoms with Crippen LogP contribution in [0.3, 0.4) is 0 Å². The summed E-state index contributed by atoms with van der Waals surface area (Å²) in [6.45, 7) is 2.90. The van der Waals surface area contributed by atoms with E-state index in [0.717, 1.165) is 24.8 Å². The highest BCUT2D eigenvalue weighted by atomic mass is 19.1. The van der Waals surface area contributed by atoms with Gasteiger partial charge in [-0.2, -0.15) is 9.37 Å². The van der Waals surface area contributed by atoms with Gasteiger partial charge in [0.25, 0.3) is 5.56 Å². The number of nitrogens with zero attached hydrogens (tertiary/aromatic N) is 3. The molecule has 0 amide bonds. The van der Waals surface area contributed by atoms with Gasteiger partial charge in [-0.05, 0) is 35.7 Å². The third kappa shape index (κ3) is 3.56. The monoisotopic (exact) mass is 435 g/mol. The number of hydrogen-bond acceptors (Lipinski definition) is 6. The fraction of sp³-hybridized carbons (Fsp3) is 0.174. The first kappa shape index (κ1) is 20.1. The highest BCUT2D eigenvalue weighted by molar-refractivity contribution is 5.88. The van der Waals surface area contributed by atoms with Crippen molar-refractivity contribution in [2.24, 2.45) is 0 Å². The van der Waals surface area contributed by atoms with E-state index < -0.39 is 17.3 Å². The van der Waals surface area contributed by atoms with Crippen LogP contribution in [0.2, 0.25) is 0 Å². The smallest absolute Gasteiger partial charge is 0.258 e. The van der Waals surface area contributed by atoms with Crippen molar-refractivity contribution in [2.75, 3.05) is 36.9 Å². The zero-order chi connectivity index (χ0) is 22.2. The molecule has 9 heteroatoms. The first-order chi connectivity index (χ1) is 15.5. The number of pyridine rings is 1. The predicted molar refractivity (Wildman–Crippen MR) is 118 cm³/mol. The van der Waals surface area contributed by atoms with Gasteiger partial charge >= 0.3 is 0 Å². The molecule has 7 nitrogen and oxygen atoms in total. The molecule has 0 unspecified atom stereocenters. The number of hydrogen-bond donors (Lipinski definition) is 2. The molecule has 0 atom stereocenters. The van der Waals surface area contributed by atoms with Crippen molar-refractivity contribution in [3.63, 3.8) is 0 Å². The lowest BCUT2D eigenvalue weighted by atomic mass is 10.0. The maximum atomic E-state index is 14.7. The molecule has 1 aliphatic rings. The van der Waals surface area contributed by atoms with E-state index in [-0.39, 0.29) is 22.6 Å². The standard InChI is InChI=1S/C23H19F2N5O2/c24-17-12-15(11-14-5-6-27-23(31)18(14)17)20-22(26)29-21(25)19(28-20)13-1-3-16(4-2-13)30-7-9-32-10-8-30/h1-6,11-12H,7-10H2,(H2,26,29)(H,27,31). The van der Waals surface area contributed by atoms with E-state index in [2.05, 4.69) is 19.9 Å². The van der Waals surface area contributed by atoms with Crippen LogP contribution in [0.5, 0.6) is 0 Å². The summed E-state index contributed by atoms with van der Waals surface area (Å²) in [5.74, 6) is -1.70. The Hall–Kier alpha value is -3.85. The Morgan fingerprint density at radius 1 is 0.969 bits per heavy atom. The largest absolute Gasteiger partial charge is 0.382 e. The normalized spacial score (nSPS) is 14.1. The first-order valence-electron chi connectivity index (χ1n) is 10.1. The second-order valence-electron chi connectivity index (χ2n) is 7.47. The Morgan fingerprint density at radius 2 is 1.72 bits per heavy atom. The molecule has 1 fully saturated rings. The number of H-pyrrole nitrogens is 1. The Morgan fingerprint density at radius 3 is 2.47 bits per heavy atom. The third-order valence-corrected chi connectivity index (χ3v) is 5.50. The van der Waals surface area contributed by atoms with Gasteiger partial charge in [0.05, 0.1) is 18.6 Å². The average molecular weight is 435 g/mol. The highest BCUT2D eigenvalue weighted by Gasteiger charge is 2.18. The lowest BCUT2D eigenvalue weighted by Gasteiger charge is -2.28. The van der Waals surface area contributed by atoms with E-state index in [9.17, 15) is 13.6 Å². The number of morpholine rings is 1. The van der Waals surface area contributed by atoms with Crippen molar-refractivity contribution in [2.45, 2.75) is 0 Å². The van der Waals surface area contributed by atoms with Crippen LogP contribution < -0.4 is 16.2 Å². The predicted octanol–water partition coefficient (Wildman–Crippen LogP) is 3.35. The van der Waals surface area contributed by atoms with Crippen molar-refractivity contribution >= 4 is 22.3 Å². The number of fused-ring (bicyclic) bond motifs is 1. The topological polar surface area (TPSA) is 97.1 Å². The van der Waals surface area contributed by atoms with Crippen molar-refractivity contribution in [3.05, 3.63) is 70.8 Å². The SMILES string of the molecule is Nc1nc(F)c(-c2ccc(N3CCOCC3)cc2)nc1-c1cc(F)c2c(=O)[nH]ccc2c1. The molecular weight excluding hydrogens is 416 g/mol. The van der Waals surface area contributed by atoms with Gasteiger partial charge in [0, 0.05) is 36.1 Å². The minimum Gasteiger partial charge on any atom is -0.382 e. The second kappa shape index (κ2) is 8.01. The Labute approximate surface area is 181 Å². The van der Waals surface area contributed by atoms with E-state index in [1.165, 1.54) is 6.20 Å². The summed E-state index contributed by atoms with van der Waals surface area (Å²) >= 11 is 0. The summed E-state index contributed by atoms with van der Waals surface area (Å²) in [7, 11) is 0. The number of nitrogen functional groups attached to an aromatic ring is 1. The Bertz CT molecular complexity index is 1370. The molecule has 3 heterocycles. The van der Waals surface area contributed by atoms with Crippen molar-refractivity contribution in [1.82, 2.24) is 15.0 Å². The summed E-state index contributed by atoms with van der Waals surface area (Å²) in [4.78, 5) is 24.7. The minimum absolute atomic E-state index is 0.00846. The number of benzene rings is 2. The van der Waals surface area contributed by atoms with E-state index in [4.69, 9.17) is 10.5 Å². The van der Waals surface area contributed by atoms with E-state index >= 15 is 0 Å². The maximum Gasteiger partial charge on any atom is 0.258 e. The first-order valence-corrected chi connectivity index (χ1v) is 10.1. The van der Waals surface area contributed by atoms with Crippen LogP contribution >= 0.6 is 0 Å². The van der Waals surface area contributed by atoms with Gasteiger partial charge < -0.3 is 20.4 Å². The number of ether oxygens (including phenoxy) is 1. The molecule has 3 N–H and O–H groups in total. The number of halogens is 2. The zero-order valence-corrected chi connectivity index (χ0v) is 16.9. The third-order valence-electron chi connectivity index (χ3n) is 5.50. The van der Waals surface area contributed by atoms with Gasteiger partial charge in [-0.1, -0.05) is 12.1 Å². The van der Waals surface area contributed by atoms with Crippen LogP contribution in [-0.2, 0) is 4.74 Å². The lowest BCUT2D eigenvalue weighted by Crippen LogP contribution is -2.36. The summed E-state index contributed by atoms with van der Waals surface area (Å²) in [6.07, 6.45) is 1.43. The van der Waals surface area contributed by atoms with Gasteiger partial charge in [-0.3, -0.25) is 4.79 Å². The van der Waals surface area contributed by atoms with Crippen LogP contribution in [-0.4, -0.2) is 41.3 Å². The second-order valence-corrected chi connectivity index (χ2v) is 7.47. The summed E-state index contributed by atoms with van der Waals surface area (Å²) in [5, 5.41) is 0.314. The zero-order valence-electron chi connectivity index (χ0n) is 16.9. The molecule has 2 aromatic heterocycles. The van der Waals surface area contributed by atoms with Crippen molar-refractivity contribution in [1.29, 1.82) is 0 Å². The molecule has 162 valence electrons. The molecule has 1 saturated heterocycles. The van der Waals surface area contributed by atoms with Gasteiger partial charge in [0.1, 0.15) is 17.2 Å². The molecule has 32 heavy (non-hydrogen) atoms. The van der Waals surface area contributed by atoms with Crippen molar-refractivity contribution < 1.29 is 13.5 Å². The van der Waals surface area contributed by atoms with Gasteiger partial charge in [0.15, 0.2) is 5.82 Å². The van der Waals surface area contributed by atoms with Gasteiger partial charge in [0.2, 0.25) is 5.95 Å². The molecule has 1 aliphatic heterocycles. The summed E-state index contributed by atoms with van der Waals surface area (Å²) < 4.78 is 34.7. The molecule has 0 bridgehead atoms. The molecule has 0 aliphatic carbocycles. The fourth-order valence-corrected chi connectivity index (χ4v) is 3.89. The molecule has 0 spiro atoms. The van der Waals surface area contributed by atoms with Crippen molar-refractivity contribution in [3.8, 4) is 22.5 Å². The van der Waals surface area contributed by atoms with E-state index in [1.54, 1.807) is 24.3 Å². The number of aromatic amines is 1. The quantitative estimate of drug-likeness (QED) is 0.512. The van der Waals surface area contributed by atoms with Gasteiger partial charge in [-0.25, -0.2) is 9.37 Å². The number of nitrogens with two attached hydrogens (primary N) is 1. The number of rotatable bonds is 3. The fourth-order valence-electron chi connectivity index (χ4n) is 3.89. The van der Waals surface area contributed by atoms with Crippen LogP contribution in [0.15, 0.2) is 53.5 Å². The summed E-state index contributed by atoms with van der Waals surface area (Å²) in [6, 6.07) is 11.6. The Balaban J connectivity index is 1.56. The maximum absolute atomic E-state index is 14.7. The number of aromatic nitrogens is 3. The number of nitrogens with one attached hydrogen (secondary N) is 1. The minimum atomic E-state index is -0.817. The number of anilines is 2. The molecule has 5 rings (SSSR count). The van der Waals surface area contributed by atoms with Crippen LogP contribution in [0.1, 0.15) is 0 Å². The van der Waals surface area contributed by atoms with Crippen LogP contribution in [0.4, 0.5) is 20.3 Å². The van der Waals surface area contributed by atoms with Gasteiger partial charge in [-0.15, -0.1) is 0 Å².